The molecule has 3 aromatic rings. The van der Waals surface area contributed by atoms with Crippen molar-refractivity contribution in [3.05, 3.63) is 77.5 Å². The molecule has 2 aromatic carbocycles. The minimum atomic E-state index is -4.54. The summed E-state index contributed by atoms with van der Waals surface area (Å²) in [6.07, 6.45) is -1.29. The average molecular weight is 540 g/mol. The van der Waals surface area contributed by atoms with Crippen LogP contribution in [0, 0.1) is 11.8 Å². The maximum Gasteiger partial charge on any atom is 0.416 e. The van der Waals surface area contributed by atoms with E-state index in [1.165, 1.54) is 6.07 Å². The third-order valence-electron chi connectivity index (χ3n) is 6.54. The number of anilines is 1. The number of aromatic nitrogens is 1. The molecule has 0 radical (unpaired) electrons. The maximum atomic E-state index is 13.4. The summed E-state index contributed by atoms with van der Waals surface area (Å²) >= 11 is 0. The SMILES string of the molecule is O=C(Cc1ccc(Oc2ccnc(NC(=O)C3CC3)c2)cc1)Cc1cc(OCC2CNC2)cc(C(F)(F)F)c1. The number of nitrogens with zero attached hydrogens (tertiary/aromatic N) is 1. The first-order valence-electron chi connectivity index (χ1n) is 12.8. The van der Waals surface area contributed by atoms with Crippen molar-refractivity contribution in [1.82, 2.24) is 10.3 Å². The van der Waals surface area contributed by atoms with Crippen LogP contribution < -0.4 is 20.1 Å². The molecule has 1 saturated heterocycles. The van der Waals surface area contributed by atoms with Crippen molar-refractivity contribution in [2.24, 2.45) is 11.8 Å². The number of hydrogen-bond acceptors (Lipinski definition) is 6. The van der Waals surface area contributed by atoms with Crippen molar-refractivity contribution in [3.63, 3.8) is 0 Å². The zero-order valence-corrected chi connectivity index (χ0v) is 21.1. The monoisotopic (exact) mass is 539 g/mol. The number of ether oxygens (including phenoxy) is 2. The second-order valence-corrected chi connectivity index (χ2v) is 9.98. The van der Waals surface area contributed by atoms with E-state index in [9.17, 15) is 22.8 Å². The first-order valence-corrected chi connectivity index (χ1v) is 12.8. The van der Waals surface area contributed by atoms with E-state index in [0.29, 0.717) is 29.5 Å². The van der Waals surface area contributed by atoms with Crippen LogP contribution in [0.15, 0.2) is 60.8 Å². The molecule has 1 saturated carbocycles. The number of halogens is 3. The number of nitrogens with one attached hydrogen (secondary N) is 2. The van der Waals surface area contributed by atoms with Crippen molar-refractivity contribution in [2.75, 3.05) is 25.0 Å². The third kappa shape index (κ3) is 7.57. The molecule has 0 spiro atoms. The van der Waals surface area contributed by atoms with Gasteiger partial charge in [-0.25, -0.2) is 4.98 Å². The van der Waals surface area contributed by atoms with Crippen LogP contribution >= 0.6 is 0 Å². The highest BCUT2D eigenvalue weighted by Gasteiger charge is 2.32. The molecule has 5 rings (SSSR count). The van der Waals surface area contributed by atoms with Gasteiger partial charge in [0.25, 0.3) is 0 Å². The number of ketones is 1. The summed E-state index contributed by atoms with van der Waals surface area (Å²) in [7, 11) is 0. The number of pyridine rings is 1. The predicted octanol–water partition coefficient (Wildman–Crippen LogP) is 5.19. The van der Waals surface area contributed by atoms with Gasteiger partial charge in [0.2, 0.25) is 5.91 Å². The van der Waals surface area contributed by atoms with Gasteiger partial charge in [-0.15, -0.1) is 0 Å². The fourth-order valence-electron chi connectivity index (χ4n) is 4.14. The van der Waals surface area contributed by atoms with Crippen LogP contribution in [0.2, 0.25) is 0 Å². The smallest absolute Gasteiger partial charge is 0.416 e. The lowest BCUT2D eigenvalue weighted by Gasteiger charge is -2.27. The number of carbonyl (C=O) groups excluding carboxylic acids is 2. The van der Waals surface area contributed by atoms with Gasteiger partial charge in [0, 0.05) is 50.0 Å². The summed E-state index contributed by atoms with van der Waals surface area (Å²) in [6, 6.07) is 13.7. The molecule has 0 atom stereocenters. The Morgan fingerprint density at radius 2 is 1.67 bits per heavy atom. The summed E-state index contributed by atoms with van der Waals surface area (Å²) in [5, 5.41) is 5.87. The number of benzene rings is 2. The normalized spacial score (nSPS) is 15.4. The maximum absolute atomic E-state index is 13.4. The lowest BCUT2D eigenvalue weighted by atomic mass is 10.0. The summed E-state index contributed by atoms with van der Waals surface area (Å²) in [6.45, 7) is 1.87. The molecule has 1 aromatic heterocycles. The van der Waals surface area contributed by atoms with E-state index in [-0.39, 0.29) is 47.7 Å². The number of amides is 1. The Morgan fingerprint density at radius 3 is 2.33 bits per heavy atom. The van der Waals surface area contributed by atoms with Gasteiger partial charge >= 0.3 is 6.18 Å². The lowest BCUT2D eigenvalue weighted by molar-refractivity contribution is -0.137. The van der Waals surface area contributed by atoms with Crippen LogP contribution in [-0.2, 0) is 28.6 Å². The topological polar surface area (TPSA) is 89.5 Å². The van der Waals surface area contributed by atoms with E-state index in [1.54, 1.807) is 42.6 Å². The number of hydrogen-bond donors (Lipinski definition) is 2. The fourth-order valence-corrected chi connectivity index (χ4v) is 4.14. The summed E-state index contributed by atoms with van der Waals surface area (Å²) in [5.74, 6) is 1.61. The first kappa shape index (κ1) is 26.7. The van der Waals surface area contributed by atoms with Gasteiger partial charge in [0.15, 0.2) is 0 Å². The van der Waals surface area contributed by atoms with Gasteiger partial charge in [-0.1, -0.05) is 12.1 Å². The van der Waals surface area contributed by atoms with Crippen LogP contribution in [0.25, 0.3) is 0 Å². The fraction of sp³-hybridized carbons (Fsp3) is 0.345. The molecule has 2 aliphatic rings. The van der Waals surface area contributed by atoms with Crippen LogP contribution in [0.1, 0.15) is 29.5 Å². The number of rotatable bonds is 11. The minimum Gasteiger partial charge on any atom is -0.493 e. The molecule has 2 heterocycles. The lowest BCUT2D eigenvalue weighted by Crippen LogP contribution is -2.45. The van der Waals surface area contributed by atoms with E-state index in [4.69, 9.17) is 9.47 Å². The van der Waals surface area contributed by atoms with Crippen LogP contribution in [-0.4, -0.2) is 36.4 Å². The first-order chi connectivity index (χ1) is 18.7. The predicted molar refractivity (Wildman–Crippen MR) is 138 cm³/mol. The van der Waals surface area contributed by atoms with E-state index >= 15 is 0 Å². The number of carbonyl (C=O) groups is 2. The Kier molecular flexibility index (Phi) is 7.83. The van der Waals surface area contributed by atoms with Crippen molar-refractivity contribution in [3.8, 4) is 17.2 Å². The highest BCUT2D eigenvalue weighted by Crippen LogP contribution is 2.33. The number of Topliss-reactive ketones (excluding diaryl/α,β-unsaturated/α-hetero) is 1. The summed E-state index contributed by atoms with van der Waals surface area (Å²) < 4.78 is 51.7. The average Bonchev–Trinajstić information content (AvgIpc) is 3.70. The van der Waals surface area contributed by atoms with Crippen molar-refractivity contribution in [1.29, 1.82) is 0 Å². The Balaban J connectivity index is 1.18. The number of alkyl halides is 3. The Bertz CT molecular complexity index is 1340. The molecule has 204 valence electrons. The molecule has 0 unspecified atom stereocenters. The van der Waals surface area contributed by atoms with Gasteiger partial charge in [-0.05, 0) is 60.4 Å². The molecule has 1 aliphatic heterocycles. The van der Waals surface area contributed by atoms with Crippen LogP contribution in [0.4, 0.5) is 19.0 Å². The highest BCUT2D eigenvalue weighted by atomic mass is 19.4. The second-order valence-electron chi connectivity index (χ2n) is 9.98. The summed E-state index contributed by atoms with van der Waals surface area (Å²) in [4.78, 5) is 28.8. The molecule has 2 N–H and O–H groups in total. The Morgan fingerprint density at radius 1 is 0.923 bits per heavy atom. The minimum absolute atomic E-state index is 0.0474. The van der Waals surface area contributed by atoms with Crippen LogP contribution in [0.5, 0.6) is 17.2 Å². The second kappa shape index (κ2) is 11.4. The molecule has 10 heteroatoms. The molecule has 2 fully saturated rings. The highest BCUT2D eigenvalue weighted by molar-refractivity contribution is 5.93. The standard InChI is InChI=1S/C29H28F3N3O4/c30-29(31,32)22-9-19(12-26(13-22)38-17-20-15-33-16-20)11-23(36)10-18-1-5-24(6-2-18)39-25-7-8-34-27(14-25)35-28(37)21-3-4-21/h1-2,5-9,12-14,20-21,33H,3-4,10-11,15-17H2,(H,34,35,37). The van der Waals surface area contributed by atoms with E-state index in [2.05, 4.69) is 15.6 Å². The largest absolute Gasteiger partial charge is 0.493 e. The molecular formula is C29H28F3N3O4. The zero-order chi connectivity index (χ0) is 27.4. The summed E-state index contributed by atoms with van der Waals surface area (Å²) in [5.41, 5.74) is 0.140. The van der Waals surface area contributed by atoms with Gasteiger partial charge in [0.05, 0.1) is 12.2 Å². The van der Waals surface area contributed by atoms with Crippen molar-refractivity contribution < 1.29 is 32.2 Å². The van der Waals surface area contributed by atoms with Gasteiger partial charge < -0.3 is 20.1 Å². The van der Waals surface area contributed by atoms with Gasteiger partial charge in [-0.2, -0.15) is 13.2 Å². The third-order valence-corrected chi connectivity index (χ3v) is 6.54. The zero-order valence-electron chi connectivity index (χ0n) is 21.1. The molecular weight excluding hydrogens is 511 g/mol. The van der Waals surface area contributed by atoms with E-state index in [1.807, 2.05) is 0 Å². The Labute approximate surface area is 223 Å². The van der Waals surface area contributed by atoms with Gasteiger partial charge in [-0.3, -0.25) is 9.59 Å². The van der Waals surface area contributed by atoms with E-state index in [0.717, 1.165) is 38.1 Å². The molecule has 1 aliphatic carbocycles. The molecule has 39 heavy (non-hydrogen) atoms. The quantitative estimate of drug-likeness (QED) is 0.349. The van der Waals surface area contributed by atoms with Crippen LogP contribution in [0.3, 0.4) is 0 Å². The van der Waals surface area contributed by atoms with E-state index < -0.39 is 11.7 Å². The van der Waals surface area contributed by atoms with Gasteiger partial charge in [0.1, 0.15) is 28.8 Å². The Hall–Kier alpha value is -3.92. The van der Waals surface area contributed by atoms with Crippen molar-refractivity contribution in [2.45, 2.75) is 31.9 Å². The van der Waals surface area contributed by atoms with Crippen molar-refractivity contribution >= 4 is 17.5 Å². The molecule has 1 amide bonds. The molecule has 7 nitrogen and oxygen atoms in total. The molecule has 0 bridgehead atoms.